The van der Waals surface area contributed by atoms with E-state index in [1.807, 2.05) is 17.8 Å². The average Bonchev–Trinajstić information content (AvgIpc) is 2.31. The van der Waals surface area contributed by atoms with Gasteiger partial charge in [-0.05, 0) is 5.92 Å². The summed E-state index contributed by atoms with van der Waals surface area (Å²) >= 11 is 0. The predicted molar refractivity (Wildman–Crippen MR) is 51.1 cm³/mol. The van der Waals surface area contributed by atoms with Crippen LogP contribution in [0, 0.1) is 17.2 Å². The molecule has 1 heterocycles. The van der Waals surface area contributed by atoms with Crippen LogP contribution in [-0.2, 0) is 19.9 Å². The molecular formula is C10H15N3. The van der Waals surface area contributed by atoms with E-state index in [9.17, 15) is 0 Å². The second kappa shape index (κ2) is 4.08. The molecule has 0 aromatic carbocycles. The van der Waals surface area contributed by atoms with Crippen molar-refractivity contribution in [2.75, 3.05) is 0 Å². The number of hydrogen-bond donors (Lipinski definition) is 0. The highest BCUT2D eigenvalue weighted by Gasteiger charge is 2.06. The molecule has 0 saturated heterocycles. The zero-order valence-corrected chi connectivity index (χ0v) is 8.41. The SMILES string of the molecule is CC(C)Cc1nc(CC#N)cn1C. The molecule has 0 aliphatic heterocycles. The van der Waals surface area contributed by atoms with Crippen molar-refractivity contribution in [2.45, 2.75) is 26.7 Å². The van der Waals surface area contributed by atoms with E-state index >= 15 is 0 Å². The maximum absolute atomic E-state index is 8.50. The average molecular weight is 177 g/mol. The molecule has 0 atom stereocenters. The molecule has 70 valence electrons. The molecule has 0 amide bonds. The molecule has 0 saturated carbocycles. The van der Waals surface area contributed by atoms with Gasteiger partial charge >= 0.3 is 0 Å². The van der Waals surface area contributed by atoms with Gasteiger partial charge in [0.15, 0.2) is 0 Å². The van der Waals surface area contributed by atoms with Gasteiger partial charge in [0.05, 0.1) is 18.2 Å². The standard InChI is InChI=1S/C10H15N3/c1-8(2)6-10-12-9(4-5-11)7-13(10)3/h7-8H,4,6H2,1-3H3. The number of hydrogen-bond acceptors (Lipinski definition) is 2. The van der Waals surface area contributed by atoms with E-state index in [0.717, 1.165) is 17.9 Å². The summed E-state index contributed by atoms with van der Waals surface area (Å²) in [6.45, 7) is 4.33. The van der Waals surface area contributed by atoms with Crippen LogP contribution in [0.3, 0.4) is 0 Å². The highest BCUT2D eigenvalue weighted by molar-refractivity contribution is 5.08. The van der Waals surface area contributed by atoms with Crippen molar-refractivity contribution in [3.05, 3.63) is 17.7 Å². The molecule has 3 nitrogen and oxygen atoms in total. The molecule has 0 bridgehead atoms. The van der Waals surface area contributed by atoms with Gasteiger partial charge in [-0.1, -0.05) is 13.8 Å². The fourth-order valence-electron chi connectivity index (χ4n) is 1.29. The van der Waals surface area contributed by atoms with Crippen molar-refractivity contribution in [2.24, 2.45) is 13.0 Å². The molecule has 1 rings (SSSR count). The molecule has 0 spiro atoms. The zero-order chi connectivity index (χ0) is 9.84. The molecular weight excluding hydrogens is 162 g/mol. The lowest BCUT2D eigenvalue weighted by atomic mass is 10.1. The van der Waals surface area contributed by atoms with Gasteiger partial charge in [-0.3, -0.25) is 0 Å². The van der Waals surface area contributed by atoms with E-state index in [0.29, 0.717) is 12.3 Å². The Morgan fingerprint density at radius 2 is 2.31 bits per heavy atom. The number of aryl methyl sites for hydroxylation is 1. The van der Waals surface area contributed by atoms with Gasteiger partial charge in [-0.2, -0.15) is 5.26 Å². The molecule has 13 heavy (non-hydrogen) atoms. The van der Waals surface area contributed by atoms with Crippen molar-refractivity contribution in [3.63, 3.8) is 0 Å². The Bertz CT molecular complexity index is 317. The summed E-state index contributed by atoms with van der Waals surface area (Å²) in [5.41, 5.74) is 0.876. The zero-order valence-electron chi connectivity index (χ0n) is 8.41. The van der Waals surface area contributed by atoms with Gasteiger partial charge in [0.25, 0.3) is 0 Å². The highest BCUT2D eigenvalue weighted by atomic mass is 15.0. The van der Waals surface area contributed by atoms with Crippen molar-refractivity contribution < 1.29 is 0 Å². The summed E-state index contributed by atoms with van der Waals surface area (Å²) in [6, 6.07) is 2.10. The van der Waals surface area contributed by atoms with Gasteiger partial charge in [-0.25, -0.2) is 4.98 Å². The Morgan fingerprint density at radius 3 is 2.85 bits per heavy atom. The third kappa shape index (κ3) is 2.59. The van der Waals surface area contributed by atoms with Crippen molar-refractivity contribution in [1.29, 1.82) is 5.26 Å². The fourth-order valence-corrected chi connectivity index (χ4v) is 1.29. The molecule has 0 unspecified atom stereocenters. The molecule has 0 aliphatic rings. The van der Waals surface area contributed by atoms with Gasteiger partial charge < -0.3 is 4.57 Å². The minimum atomic E-state index is 0.409. The number of imidazole rings is 1. The Kier molecular flexibility index (Phi) is 3.07. The van der Waals surface area contributed by atoms with E-state index < -0.39 is 0 Å². The highest BCUT2D eigenvalue weighted by Crippen LogP contribution is 2.07. The Labute approximate surface area is 79.0 Å². The number of rotatable bonds is 3. The fraction of sp³-hybridized carbons (Fsp3) is 0.600. The predicted octanol–water partition coefficient (Wildman–Crippen LogP) is 1.68. The van der Waals surface area contributed by atoms with E-state index in [2.05, 4.69) is 24.9 Å². The number of nitriles is 1. The number of aromatic nitrogens is 2. The lowest BCUT2D eigenvalue weighted by molar-refractivity contribution is 0.602. The summed E-state index contributed by atoms with van der Waals surface area (Å²) in [4.78, 5) is 4.38. The molecule has 0 radical (unpaired) electrons. The quantitative estimate of drug-likeness (QED) is 0.705. The third-order valence-corrected chi connectivity index (χ3v) is 1.87. The smallest absolute Gasteiger partial charge is 0.109 e. The second-order valence-corrected chi connectivity index (χ2v) is 3.69. The first-order chi connectivity index (χ1) is 6.13. The molecule has 3 heteroatoms. The Hall–Kier alpha value is -1.30. The first-order valence-corrected chi connectivity index (χ1v) is 4.51. The van der Waals surface area contributed by atoms with E-state index in [1.165, 1.54) is 0 Å². The van der Waals surface area contributed by atoms with Gasteiger partial charge in [0.2, 0.25) is 0 Å². The minimum Gasteiger partial charge on any atom is -0.338 e. The summed E-state index contributed by atoms with van der Waals surface area (Å²) in [7, 11) is 1.98. The first kappa shape index (κ1) is 9.79. The van der Waals surface area contributed by atoms with Crippen LogP contribution in [0.4, 0.5) is 0 Å². The molecule has 0 N–H and O–H groups in total. The monoisotopic (exact) mass is 177 g/mol. The van der Waals surface area contributed by atoms with Crippen molar-refractivity contribution >= 4 is 0 Å². The van der Waals surface area contributed by atoms with Gasteiger partial charge in [0, 0.05) is 19.7 Å². The van der Waals surface area contributed by atoms with Crippen LogP contribution >= 0.6 is 0 Å². The van der Waals surface area contributed by atoms with Crippen LogP contribution in [0.2, 0.25) is 0 Å². The van der Waals surface area contributed by atoms with E-state index in [-0.39, 0.29) is 0 Å². The van der Waals surface area contributed by atoms with Crippen LogP contribution in [-0.4, -0.2) is 9.55 Å². The molecule has 0 aliphatic carbocycles. The van der Waals surface area contributed by atoms with Gasteiger partial charge in [-0.15, -0.1) is 0 Å². The third-order valence-electron chi connectivity index (χ3n) is 1.87. The lowest BCUT2D eigenvalue weighted by Gasteiger charge is -2.03. The van der Waals surface area contributed by atoms with Gasteiger partial charge in [0.1, 0.15) is 5.82 Å². The summed E-state index contributed by atoms with van der Waals surface area (Å²) in [5, 5.41) is 8.50. The minimum absolute atomic E-state index is 0.409. The molecule has 1 aromatic rings. The summed E-state index contributed by atoms with van der Waals surface area (Å²) in [5.74, 6) is 1.68. The lowest BCUT2D eigenvalue weighted by Crippen LogP contribution is -2.01. The topological polar surface area (TPSA) is 41.6 Å². The first-order valence-electron chi connectivity index (χ1n) is 4.51. The maximum atomic E-state index is 8.50. The van der Waals surface area contributed by atoms with E-state index in [1.54, 1.807) is 0 Å². The van der Waals surface area contributed by atoms with E-state index in [4.69, 9.17) is 5.26 Å². The normalized spacial score (nSPS) is 10.4. The van der Waals surface area contributed by atoms with Crippen LogP contribution in [0.1, 0.15) is 25.4 Å². The second-order valence-electron chi connectivity index (χ2n) is 3.69. The number of nitrogens with zero attached hydrogens (tertiary/aromatic N) is 3. The van der Waals surface area contributed by atoms with Crippen LogP contribution in [0.25, 0.3) is 0 Å². The summed E-state index contributed by atoms with van der Waals surface area (Å²) < 4.78 is 2.01. The molecule has 0 fully saturated rings. The van der Waals surface area contributed by atoms with Crippen molar-refractivity contribution in [1.82, 2.24) is 9.55 Å². The van der Waals surface area contributed by atoms with Crippen LogP contribution in [0.5, 0.6) is 0 Å². The molecule has 1 aromatic heterocycles. The van der Waals surface area contributed by atoms with Crippen molar-refractivity contribution in [3.8, 4) is 6.07 Å². The summed E-state index contributed by atoms with van der Waals surface area (Å²) in [6.07, 6.45) is 3.31. The largest absolute Gasteiger partial charge is 0.338 e. The van der Waals surface area contributed by atoms with Crippen LogP contribution < -0.4 is 0 Å². The van der Waals surface area contributed by atoms with Crippen LogP contribution in [0.15, 0.2) is 6.20 Å². The Balaban J connectivity index is 2.78. The Morgan fingerprint density at radius 1 is 1.62 bits per heavy atom. The maximum Gasteiger partial charge on any atom is 0.109 e.